The van der Waals surface area contributed by atoms with Crippen LogP contribution in [0.5, 0.6) is 5.75 Å². The lowest BCUT2D eigenvalue weighted by Gasteiger charge is -2.33. The summed E-state index contributed by atoms with van der Waals surface area (Å²) in [6.45, 7) is 2.28. The molecule has 1 saturated heterocycles. The maximum absolute atomic E-state index is 5.87. The first-order chi connectivity index (χ1) is 10.7. The first kappa shape index (κ1) is 15.1. The van der Waals surface area contributed by atoms with E-state index < -0.39 is 0 Å². The van der Waals surface area contributed by atoms with Crippen molar-refractivity contribution in [3.8, 4) is 5.75 Å². The lowest BCUT2D eigenvalue weighted by Crippen LogP contribution is -2.43. The lowest BCUT2D eigenvalue weighted by atomic mass is 10.1. The number of hydrogen-bond donors (Lipinski definition) is 0. The minimum Gasteiger partial charge on any atom is -0.497 e. The molecule has 0 N–H and O–H groups in total. The molecule has 0 bridgehead atoms. The van der Waals surface area contributed by atoms with Crippen LogP contribution in [0, 0.1) is 0 Å². The van der Waals surface area contributed by atoms with Gasteiger partial charge in [0.2, 0.25) is 0 Å². The maximum atomic E-state index is 5.87. The topological polar surface area (TPSA) is 47.5 Å². The molecule has 116 valence electrons. The second kappa shape index (κ2) is 6.94. The van der Waals surface area contributed by atoms with Gasteiger partial charge >= 0.3 is 0 Å². The van der Waals surface area contributed by atoms with Gasteiger partial charge in [0.25, 0.3) is 0 Å². The van der Waals surface area contributed by atoms with Crippen LogP contribution in [0.1, 0.15) is 5.56 Å². The predicted octanol–water partition coefficient (Wildman–Crippen LogP) is 2.59. The second-order valence-electron chi connectivity index (χ2n) is 5.21. The molecule has 2 aromatic rings. The largest absolute Gasteiger partial charge is 0.497 e. The van der Waals surface area contributed by atoms with Crippen LogP contribution in [0.2, 0.25) is 5.15 Å². The highest BCUT2D eigenvalue weighted by Gasteiger charge is 2.22. The van der Waals surface area contributed by atoms with Gasteiger partial charge in [-0.15, -0.1) is 10.2 Å². The molecule has 5 nitrogen and oxygen atoms in total. The zero-order valence-electron chi connectivity index (χ0n) is 12.4. The fraction of sp³-hybridized carbons (Fsp3) is 0.375. The number of hydrogen-bond acceptors (Lipinski definition) is 5. The van der Waals surface area contributed by atoms with Gasteiger partial charge in [0, 0.05) is 19.5 Å². The summed E-state index contributed by atoms with van der Waals surface area (Å²) in [5.41, 5.74) is 1.20. The fourth-order valence-electron chi connectivity index (χ4n) is 2.59. The van der Waals surface area contributed by atoms with Crippen LogP contribution < -0.4 is 9.64 Å². The van der Waals surface area contributed by atoms with Crippen molar-refractivity contribution in [3.05, 3.63) is 47.1 Å². The molecule has 0 saturated carbocycles. The van der Waals surface area contributed by atoms with Gasteiger partial charge in [-0.05, 0) is 29.8 Å². The Morgan fingerprint density at radius 1 is 1.32 bits per heavy atom. The van der Waals surface area contributed by atoms with Gasteiger partial charge in [-0.2, -0.15) is 0 Å². The third-order valence-corrected chi connectivity index (χ3v) is 3.88. The van der Waals surface area contributed by atoms with Crippen molar-refractivity contribution in [2.75, 3.05) is 31.7 Å². The SMILES string of the molecule is COc1cccc(C[C@@H]2CN(c3ccc(Cl)nn3)CCO2)c1. The van der Waals surface area contributed by atoms with Crippen molar-refractivity contribution in [1.29, 1.82) is 0 Å². The number of rotatable bonds is 4. The van der Waals surface area contributed by atoms with Crippen LogP contribution in [0.3, 0.4) is 0 Å². The molecule has 22 heavy (non-hydrogen) atoms. The highest BCUT2D eigenvalue weighted by atomic mass is 35.5. The Hall–Kier alpha value is -1.85. The Balaban J connectivity index is 1.66. The van der Waals surface area contributed by atoms with Crippen LogP contribution >= 0.6 is 11.6 Å². The van der Waals surface area contributed by atoms with E-state index in [1.807, 2.05) is 24.3 Å². The molecule has 1 aromatic carbocycles. The van der Waals surface area contributed by atoms with Gasteiger partial charge in [-0.1, -0.05) is 23.7 Å². The maximum Gasteiger partial charge on any atom is 0.151 e. The van der Waals surface area contributed by atoms with E-state index in [4.69, 9.17) is 21.1 Å². The lowest BCUT2D eigenvalue weighted by molar-refractivity contribution is 0.0407. The smallest absolute Gasteiger partial charge is 0.151 e. The Kier molecular flexibility index (Phi) is 4.75. The molecule has 1 aliphatic heterocycles. The molecular formula is C16H18ClN3O2. The van der Waals surface area contributed by atoms with Gasteiger partial charge in [-0.25, -0.2) is 0 Å². The molecule has 0 spiro atoms. The quantitative estimate of drug-likeness (QED) is 0.867. The van der Waals surface area contributed by atoms with Crippen molar-refractivity contribution < 1.29 is 9.47 Å². The number of aromatic nitrogens is 2. The van der Waals surface area contributed by atoms with Crippen LogP contribution in [-0.2, 0) is 11.2 Å². The number of morpholine rings is 1. The van der Waals surface area contributed by atoms with Crippen molar-refractivity contribution in [1.82, 2.24) is 10.2 Å². The number of benzene rings is 1. The Labute approximate surface area is 134 Å². The number of ether oxygens (including phenoxy) is 2. The van der Waals surface area contributed by atoms with E-state index in [-0.39, 0.29) is 6.10 Å². The van der Waals surface area contributed by atoms with E-state index in [1.54, 1.807) is 13.2 Å². The van der Waals surface area contributed by atoms with Crippen molar-refractivity contribution in [3.63, 3.8) is 0 Å². The van der Waals surface area contributed by atoms with Gasteiger partial charge in [0.05, 0.1) is 19.8 Å². The number of anilines is 1. The molecule has 1 atom stereocenters. The molecule has 3 rings (SSSR count). The zero-order chi connectivity index (χ0) is 15.4. The minimum atomic E-state index is 0.123. The van der Waals surface area contributed by atoms with Crippen LogP contribution in [0.4, 0.5) is 5.82 Å². The molecular weight excluding hydrogens is 302 g/mol. The fourth-order valence-corrected chi connectivity index (χ4v) is 2.69. The summed E-state index contributed by atoms with van der Waals surface area (Å²) >= 11 is 5.79. The minimum absolute atomic E-state index is 0.123. The van der Waals surface area contributed by atoms with E-state index in [1.165, 1.54) is 5.56 Å². The van der Waals surface area contributed by atoms with Crippen LogP contribution in [0.15, 0.2) is 36.4 Å². The summed E-state index contributed by atoms with van der Waals surface area (Å²) in [5.74, 6) is 1.71. The summed E-state index contributed by atoms with van der Waals surface area (Å²) in [4.78, 5) is 2.18. The average Bonchev–Trinajstić information content (AvgIpc) is 2.56. The van der Waals surface area contributed by atoms with E-state index in [0.29, 0.717) is 11.8 Å². The third-order valence-electron chi connectivity index (χ3n) is 3.68. The molecule has 6 heteroatoms. The molecule has 1 fully saturated rings. The number of halogens is 1. The standard InChI is InChI=1S/C16H18ClN3O2/c1-21-13-4-2-3-12(9-13)10-14-11-20(7-8-22-14)16-6-5-15(17)18-19-16/h2-6,9,14H,7-8,10-11H2,1H3/t14-/m1/s1. The Morgan fingerprint density at radius 3 is 3.00 bits per heavy atom. The molecule has 2 heterocycles. The highest BCUT2D eigenvalue weighted by Crippen LogP contribution is 2.20. The Morgan fingerprint density at radius 2 is 2.23 bits per heavy atom. The van der Waals surface area contributed by atoms with Crippen molar-refractivity contribution >= 4 is 17.4 Å². The monoisotopic (exact) mass is 319 g/mol. The molecule has 0 aliphatic carbocycles. The first-order valence-corrected chi connectivity index (χ1v) is 7.61. The van der Waals surface area contributed by atoms with Gasteiger partial charge in [0.15, 0.2) is 11.0 Å². The van der Waals surface area contributed by atoms with Crippen molar-refractivity contribution in [2.24, 2.45) is 0 Å². The van der Waals surface area contributed by atoms with E-state index >= 15 is 0 Å². The van der Waals surface area contributed by atoms with Crippen LogP contribution in [0.25, 0.3) is 0 Å². The summed E-state index contributed by atoms with van der Waals surface area (Å²) in [6.07, 6.45) is 0.965. The van der Waals surface area contributed by atoms with Gasteiger partial charge < -0.3 is 14.4 Å². The first-order valence-electron chi connectivity index (χ1n) is 7.23. The normalized spacial score (nSPS) is 18.3. The second-order valence-corrected chi connectivity index (χ2v) is 5.60. The van der Waals surface area contributed by atoms with E-state index in [9.17, 15) is 0 Å². The van der Waals surface area contributed by atoms with Crippen molar-refractivity contribution in [2.45, 2.75) is 12.5 Å². The molecule has 1 aliphatic rings. The predicted molar refractivity (Wildman–Crippen MR) is 85.7 cm³/mol. The number of nitrogens with zero attached hydrogens (tertiary/aromatic N) is 3. The summed E-state index contributed by atoms with van der Waals surface area (Å²) in [7, 11) is 1.68. The summed E-state index contributed by atoms with van der Waals surface area (Å²) in [5, 5.41) is 8.45. The van der Waals surface area contributed by atoms with Gasteiger partial charge in [0.1, 0.15) is 5.75 Å². The zero-order valence-corrected chi connectivity index (χ0v) is 13.2. The summed E-state index contributed by atoms with van der Waals surface area (Å²) < 4.78 is 11.1. The van der Waals surface area contributed by atoms with Gasteiger partial charge in [-0.3, -0.25) is 0 Å². The Bertz CT molecular complexity index is 621. The van der Waals surface area contributed by atoms with E-state index in [2.05, 4.69) is 21.2 Å². The van der Waals surface area contributed by atoms with Crippen LogP contribution in [-0.4, -0.2) is 43.1 Å². The molecule has 0 amide bonds. The highest BCUT2D eigenvalue weighted by molar-refractivity contribution is 6.29. The molecule has 0 radical (unpaired) electrons. The van der Waals surface area contributed by atoms with E-state index in [0.717, 1.165) is 31.1 Å². The molecule has 1 aromatic heterocycles. The molecule has 0 unspecified atom stereocenters. The third kappa shape index (κ3) is 3.67. The summed E-state index contributed by atoms with van der Waals surface area (Å²) in [6, 6.07) is 11.7. The average molecular weight is 320 g/mol. The number of methoxy groups -OCH3 is 1.